The van der Waals surface area contributed by atoms with Crippen molar-refractivity contribution in [2.75, 3.05) is 19.5 Å². The van der Waals surface area contributed by atoms with Crippen LogP contribution in [0.1, 0.15) is 15.9 Å². The number of hydrogen-bond donors (Lipinski definition) is 2. The molecule has 5 heteroatoms. The van der Waals surface area contributed by atoms with Crippen molar-refractivity contribution in [2.45, 2.75) is 6.92 Å². The molecule has 0 heterocycles. The SMILES string of the molecule is COc1ccc(Nc2ccc(C(=O)O)cc2C)c(OC)c1. The molecule has 110 valence electrons. The Morgan fingerprint density at radius 1 is 1.05 bits per heavy atom. The Labute approximate surface area is 123 Å². The van der Waals surface area contributed by atoms with Crippen molar-refractivity contribution in [3.63, 3.8) is 0 Å². The number of carboxylic acids is 1. The summed E-state index contributed by atoms with van der Waals surface area (Å²) in [6.45, 7) is 1.85. The molecular weight excluding hydrogens is 270 g/mol. The summed E-state index contributed by atoms with van der Waals surface area (Å²) in [5, 5.41) is 12.2. The van der Waals surface area contributed by atoms with Gasteiger partial charge >= 0.3 is 5.97 Å². The van der Waals surface area contributed by atoms with Crippen molar-refractivity contribution in [1.29, 1.82) is 0 Å². The zero-order chi connectivity index (χ0) is 15.4. The molecular formula is C16H17NO4. The highest BCUT2D eigenvalue weighted by Crippen LogP contribution is 2.32. The fraction of sp³-hybridized carbons (Fsp3) is 0.188. The molecule has 0 aliphatic carbocycles. The molecule has 0 saturated carbocycles. The quantitative estimate of drug-likeness (QED) is 0.881. The maximum absolute atomic E-state index is 10.9. The molecule has 2 aromatic carbocycles. The number of aryl methyl sites for hydroxylation is 1. The van der Waals surface area contributed by atoms with Gasteiger partial charge in [-0.15, -0.1) is 0 Å². The Morgan fingerprint density at radius 3 is 2.33 bits per heavy atom. The van der Waals surface area contributed by atoms with Gasteiger partial charge in [0.25, 0.3) is 0 Å². The molecule has 2 aromatic rings. The van der Waals surface area contributed by atoms with Crippen LogP contribution in [0.5, 0.6) is 11.5 Å². The van der Waals surface area contributed by atoms with E-state index in [0.717, 1.165) is 16.9 Å². The minimum absolute atomic E-state index is 0.264. The van der Waals surface area contributed by atoms with Gasteiger partial charge in [0.05, 0.1) is 25.5 Å². The van der Waals surface area contributed by atoms with E-state index in [1.165, 1.54) is 0 Å². The Kier molecular flexibility index (Phi) is 4.33. The lowest BCUT2D eigenvalue weighted by Crippen LogP contribution is -2.00. The molecule has 0 unspecified atom stereocenters. The highest BCUT2D eigenvalue weighted by Gasteiger charge is 2.09. The zero-order valence-electron chi connectivity index (χ0n) is 12.1. The van der Waals surface area contributed by atoms with Gasteiger partial charge in [-0.05, 0) is 42.8 Å². The van der Waals surface area contributed by atoms with Gasteiger partial charge < -0.3 is 19.9 Å². The Hall–Kier alpha value is -2.69. The van der Waals surface area contributed by atoms with Crippen molar-refractivity contribution in [3.05, 3.63) is 47.5 Å². The number of rotatable bonds is 5. The third-order valence-electron chi connectivity index (χ3n) is 3.15. The summed E-state index contributed by atoms with van der Waals surface area (Å²) in [5.74, 6) is 0.415. The van der Waals surface area contributed by atoms with E-state index >= 15 is 0 Å². The van der Waals surface area contributed by atoms with E-state index in [-0.39, 0.29) is 5.56 Å². The van der Waals surface area contributed by atoms with E-state index in [1.54, 1.807) is 38.5 Å². The number of carbonyl (C=O) groups is 1. The second kappa shape index (κ2) is 6.17. The largest absolute Gasteiger partial charge is 0.497 e. The lowest BCUT2D eigenvalue weighted by atomic mass is 10.1. The number of benzene rings is 2. The normalized spacial score (nSPS) is 10.0. The van der Waals surface area contributed by atoms with Crippen LogP contribution in [0.25, 0.3) is 0 Å². The molecule has 2 N–H and O–H groups in total. The molecule has 0 radical (unpaired) electrons. The molecule has 5 nitrogen and oxygen atoms in total. The zero-order valence-corrected chi connectivity index (χ0v) is 12.1. The first-order valence-corrected chi connectivity index (χ1v) is 6.38. The van der Waals surface area contributed by atoms with Crippen LogP contribution in [0, 0.1) is 6.92 Å². The van der Waals surface area contributed by atoms with Gasteiger partial charge in [-0.25, -0.2) is 4.79 Å². The first kappa shape index (κ1) is 14.7. The van der Waals surface area contributed by atoms with Crippen molar-refractivity contribution in [2.24, 2.45) is 0 Å². The predicted molar refractivity (Wildman–Crippen MR) is 81.0 cm³/mol. The van der Waals surface area contributed by atoms with Crippen molar-refractivity contribution in [3.8, 4) is 11.5 Å². The third-order valence-corrected chi connectivity index (χ3v) is 3.15. The van der Waals surface area contributed by atoms with E-state index in [9.17, 15) is 4.79 Å². The minimum Gasteiger partial charge on any atom is -0.497 e. The van der Waals surface area contributed by atoms with Crippen LogP contribution in [0.15, 0.2) is 36.4 Å². The van der Waals surface area contributed by atoms with Crippen LogP contribution in [-0.4, -0.2) is 25.3 Å². The van der Waals surface area contributed by atoms with Crippen LogP contribution in [0.4, 0.5) is 11.4 Å². The van der Waals surface area contributed by atoms with Crippen LogP contribution in [0.3, 0.4) is 0 Å². The first-order chi connectivity index (χ1) is 10.0. The molecule has 0 fully saturated rings. The molecule has 21 heavy (non-hydrogen) atoms. The topological polar surface area (TPSA) is 67.8 Å². The molecule has 2 rings (SSSR count). The van der Waals surface area contributed by atoms with Gasteiger partial charge in [-0.3, -0.25) is 0 Å². The average Bonchev–Trinajstić information content (AvgIpc) is 2.49. The van der Waals surface area contributed by atoms with Gasteiger partial charge in [-0.2, -0.15) is 0 Å². The van der Waals surface area contributed by atoms with Gasteiger partial charge in [0, 0.05) is 11.8 Å². The van der Waals surface area contributed by atoms with Gasteiger partial charge in [-0.1, -0.05) is 0 Å². The van der Waals surface area contributed by atoms with Gasteiger partial charge in [0.1, 0.15) is 11.5 Å². The van der Waals surface area contributed by atoms with Crippen LogP contribution < -0.4 is 14.8 Å². The summed E-state index contributed by atoms with van der Waals surface area (Å²) in [6, 6.07) is 10.4. The van der Waals surface area contributed by atoms with Gasteiger partial charge in [0.15, 0.2) is 0 Å². The summed E-state index contributed by atoms with van der Waals surface area (Å²) in [7, 11) is 3.18. The highest BCUT2D eigenvalue weighted by atomic mass is 16.5. The standard InChI is InChI=1S/C16H17NO4/c1-10-8-11(16(18)19)4-6-13(10)17-14-7-5-12(20-2)9-15(14)21-3/h4-9,17H,1-3H3,(H,18,19). The number of methoxy groups -OCH3 is 2. The van der Waals surface area contributed by atoms with Crippen molar-refractivity contribution >= 4 is 17.3 Å². The molecule has 0 bridgehead atoms. The van der Waals surface area contributed by atoms with E-state index in [4.69, 9.17) is 14.6 Å². The van der Waals surface area contributed by atoms with Crippen LogP contribution in [-0.2, 0) is 0 Å². The predicted octanol–water partition coefficient (Wildman–Crippen LogP) is 3.45. The van der Waals surface area contributed by atoms with E-state index in [0.29, 0.717) is 11.5 Å². The summed E-state index contributed by atoms with van der Waals surface area (Å²) < 4.78 is 10.5. The van der Waals surface area contributed by atoms with Gasteiger partial charge in [0.2, 0.25) is 0 Å². The Balaban J connectivity index is 2.32. The molecule has 0 amide bonds. The summed E-state index contributed by atoms with van der Waals surface area (Å²) in [6.07, 6.45) is 0. The number of anilines is 2. The second-order valence-corrected chi connectivity index (χ2v) is 4.53. The smallest absolute Gasteiger partial charge is 0.335 e. The maximum Gasteiger partial charge on any atom is 0.335 e. The van der Waals surface area contributed by atoms with E-state index in [1.807, 2.05) is 19.1 Å². The van der Waals surface area contributed by atoms with Crippen LogP contribution in [0.2, 0.25) is 0 Å². The van der Waals surface area contributed by atoms with E-state index in [2.05, 4.69) is 5.32 Å². The number of carboxylic acid groups (broad SMARTS) is 1. The lowest BCUT2D eigenvalue weighted by molar-refractivity contribution is 0.0697. The number of nitrogens with one attached hydrogen (secondary N) is 1. The second-order valence-electron chi connectivity index (χ2n) is 4.53. The van der Waals surface area contributed by atoms with Crippen molar-refractivity contribution in [1.82, 2.24) is 0 Å². The highest BCUT2D eigenvalue weighted by molar-refractivity contribution is 5.88. The fourth-order valence-corrected chi connectivity index (χ4v) is 1.98. The molecule has 0 aliphatic rings. The van der Waals surface area contributed by atoms with E-state index < -0.39 is 5.97 Å². The Morgan fingerprint density at radius 2 is 1.76 bits per heavy atom. The maximum atomic E-state index is 10.9. The monoisotopic (exact) mass is 287 g/mol. The van der Waals surface area contributed by atoms with Crippen molar-refractivity contribution < 1.29 is 19.4 Å². The molecule has 0 atom stereocenters. The first-order valence-electron chi connectivity index (χ1n) is 6.38. The van der Waals surface area contributed by atoms with Crippen LogP contribution >= 0.6 is 0 Å². The fourth-order valence-electron chi connectivity index (χ4n) is 1.98. The number of hydrogen-bond acceptors (Lipinski definition) is 4. The summed E-state index contributed by atoms with van der Waals surface area (Å²) in [4.78, 5) is 10.9. The number of aromatic carboxylic acids is 1. The third kappa shape index (κ3) is 3.25. The summed E-state index contributed by atoms with van der Waals surface area (Å²) in [5.41, 5.74) is 2.71. The number of ether oxygens (including phenoxy) is 2. The summed E-state index contributed by atoms with van der Waals surface area (Å²) >= 11 is 0. The average molecular weight is 287 g/mol. The molecule has 0 saturated heterocycles. The lowest BCUT2D eigenvalue weighted by Gasteiger charge is -2.14. The molecule has 0 aliphatic heterocycles. The molecule has 0 spiro atoms. The molecule has 0 aromatic heterocycles. The Bertz CT molecular complexity index is 667. The minimum atomic E-state index is -0.938.